The summed E-state index contributed by atoms with van der Waals surface area (Å²) in [5.41, 5.74) is 2.76. The lowest BCUT2D eigenvalue weighted by Crippen LogP contribution is -2.44. The molecule has 1 heterocycles. The van der Waals surface area contributed by atoms with Gasteiger partial charge in [-0.05, 0) is 63.6 Å². The van der Waals surface area contributed by atoms with E-state index >= 15 is 0 Å². The highest BCUT2D eigenvalue weighted by atomic mass is 16.6. The number of fused-ring (bicyclic) bond motifs is 1. The summed E-state index contributed by atoms with van der Waals surface area (Å²) in [6.45, 7) is 6.73. The Morgan fingerprint density at radius 2 is 1.90 bits per heavy atom. The molecule has 1 unspecified atom stereocenters. The molecular weight excluding hydrogens is 378 g/mol. The van der Waals surface area contributed by atoms with Crippen LogP contribution in [0.2, 0.25) is 0 Å². The van der Waals surface area contributed by atoms with Crippen molar-refractivity contribution < 1.29 is 14.3 Å². The summed E-state index contributed by atoms with van der Waals surface area (Å²) < 4.78 is 11.4. The quantitative estimate of drug-likeness (QED) is 0.515. The summed E-state index contributed by atoms with van der Waals surface area (Å²) in [6, 6.07) is 16.0. The Hall–Kier alpha value is -2.99. The van der Waals surface area contributed by atoms with Crippen molar-refractivity contribution in [1.82, 2.24) is 15.6 Å². The predicted octanol–water partition coefficient (Wildman–Crippen LogP) is 4.40. The van der Waals surface area contributed by atoms with Crippen LogP contribution in [0.25, 0.3) is 10.9 Å². The average molecular weight is 410 g/mol. The van der Waals surface area contributed by atoms with Crippen molar-refractivity contribution in [3.63, 3.8) is 0 Å². The fourth-order valence-corrected chi connectivity index (χ4v) is 3.32. The van der Waals surface area contributed by atoms with E-state index in [0.29, 0.717) is 19.6 Å². The molecular formula is C24H31N3O3. The van der Waals surface area contributed by atoms with Gasteiger partial charge in [0.05, 0.1) is 0 Å². The van der Waals surface area contributed by atoms with Gasteiger partial charge in [-0.25, -0.2) is 4.79 Å². The zero-order valence-electron chi connectivity index (χ0n) is 18.1. The molecule has 0 bridgehead atoms. The Morgan fingerprint density at radius 3 is 2.60 bits per heavy atom. The van der Waals surface area contributed by atoms with Gasteiger partial charge in [-0.15, -0.1) is 0 Å². The van der Waals surface area contributed by atoms with Gasteiger partial charge in [-0.3, -0.25) is 0 Å². The van der Waals surface area contributed by atoms with E-state index in [9.17, 15) is 4.79 Å². The van der Waals surface area contributed by atoms with Crippen molar-refractivity contribution in [2.75, 3.05) is 13.6 Å². The van der Waals surface area contributed by atoms with E-state index in [0.717, 1.165) is 27.8 Å². The number of carbonyl (C=O) groups excluding carboxylic acids is 1. The number of likely N-dealkylation sites (N-methyl/N-ethyl adjacent to an activating group) is 1. The van der Waals surface area contributed by atoms with Crippen LogP contribution in [0.1, 0.15) is 31.9 Å². The van der Waals surface area contributed by atoms with E-state index in [1.54, 1.807) is 0 Å². The monoisotopic (exact) mass is 409 g/mol. The van der Waals surface area contributed by atoms with Gasteiger partial charge >= 0.3 is 6.09 Å². The molecule has 1 amide bonds. The van der Waals surface area contributed by atoms with Gasteiger partial charge in [0.25, 0.3) is 0 Å². The molecule has 0 aliphatic rings. The molecule has 6 heteroatoms. The van der Waals surface area contributed by atoms with Gasteiger partial charge in [-0.2, -0.15) is 0 Å². The molecule has 6 nitrogen and oxygen atoms in total. The zero-order valence-corrected chi connectivity index (χ0v) is 18.1. The molecule has 3 aromatic rings. The number of aromatic amines is 1. The smallest absolute Gasteiger partial charge is 0.407 e. The first-order valence-corrected chi connectivity index (χ1v) is 10.2. The van der Waals surface area contributed by atoms with Crippen LogP contribution < -0.4 is 15.4 Å². The second kappa shape index (κ2) is 9.67. The minimum atomic E-state index is -0.528. The molecule has 0 aliphatic carbocycles. The lowest BCUT2D eigenvalue weighted by atomic mass is 10.0. The van der Waals surface area contributed by atoms with Gasteiger partial charge in [0.15, 0.2) is 0 Å². The number of rotatable bonds is 8. The van der Waals surface area contributed by atoms with E-state index in [-0.39, 0.29) is 6.04 Å². The molecule has 3 N–H and O–H groups in total. The highest BCUT2D eigenvalue weighted by molar-refractivity contribution is 5.84. The number of ether oxygens (including phenoxy) is 2. The number of H-pyrrole nitrogens is 1. The van der Waals surface area contributed by atoms with E-state index in [4.69, 9.17) is 9.47 Å². The Labute approximate surface area is 178 Å². The number of carbonyl (C=O) groups is 1. The van der Waals surface area contributed by atoms with Crippen LogP contribution in [0.3, 0.4) is 0 Å². The number of nitrogens with one attached hydrogen (secondary N) is 3. The fourth-order valence-electron chi connectivity index (χ4n) is 3.32. The molecule has 30 heavy (non-hydrogen) atoms. The number of hydrogen-bond acceptors (Lipinski definition) is 4. The molecule has 1 aromatic heterocycles. The lowest BCUT2D eigenvalue weighted by molar-refractivity contribution is 0.0504. The summed E-state index contributed by atoms with van der Waals surface area (Å²) >= 11 is 0. The maximum atomic E-state index is 12.2. The number of hydrogen-bond donors (Lipinski definition) is 3. The third-order valence-corrected chi connectivity index (χ3v) is 4.62. The highest BCUT2D eigenvalue weighted by Crippen LogP contribution is 2.25. The maximum absolute atomic E-state index is 12.2. The summed E-state index contributed by atoms with van der Waals surface area (Å²) in [5, 5.41) is 7.20. The van der Waals surface area contributed by atoms with Crippen LogP contribution in [-0.2, 0) is 17.8 Å². The molecule has 2 aromatic carbocycles. The molecule has 0 fully saturated rings. The van der Waals surface area contributed by atoms with Crippen molar-refractivity contribution in [1.29, 1.82) is 0 Å². The molecule has 0 saturated heterocycles. The van der Waals surface area contributed by atoms with Gasteiger partial charge < -0.3 is 25.1 Å². The Balaban J connectivity index is 1.71. The summed E-state index contributed by atoms with van der Waals surface area (Å²) in [4.78, 5) is 15.5. The SMILES string of the molecule is CNCC(Cc1c[nH]c2ccc(OCc3ccccc3)cc12)NC(=O)OC(C)(C)C. The first-order valence-electron chi connectivity index (χ1n) is 10.2. The topological polar surface area (TPSA) is 75.4 Å². The first kappa shape index (κ1) is 21.7. The second-order valence-corrected chi connectivity index (χ2v) is 8.40. The molecule has 0 spiro atoms. The largest absolute Gasteiger partial charge is 0.489 e. The van der Waals surface area contributed by atoms with Gasteiger partial charge in [0.2, 0.25) is 0 Å². The normalized spacial score (nSPS) is 12.5. The van der Waals surface area contributed by atoms with E-state index < -0.39 is 11.7 Å². The molecule has 0 aliphatic heterocycles. The van der Waals surface area contributed by atoms with Gasteiger partial charge in [0, 0.05) is 29.7 Å². The van der Waals surface area contributed by atoms with Crippen LogP contribution in [0, 0.1) is 0 Å². The van der Waals surface area contributed by atoms with Gasteiger partial charge in [0.1, 0.15) is 18.0 Å². The molecule has 0 saturated carbocycles. The van der Waals surface area contributed by atoms with Crippen molar-refractivity contribution in [2.24, 2.45) is 0 Å². The van der Waals surface area contributed by atoms with Crippen molar-refractivity contribution >= 4 is 17.0 Å². The zero-order chi connectivity index (χ0) is 21.6. The molecule has 1 atom stereocenters. The number of amides is 1. The highest BCUT2D eigenvalue weighted by Gasteiger charge is 2.20. The van der Waals surface area contributed by atoms with E-state index in [1.165, 1.54) is 0 Å². The van der Waals surface area contributed by atoms with Crippen molar-refractivity contribution in [2.45, 2.75) is 45.4 Å². The van der Waals surface area contributed by atoms with E-state index in [1.807, 2.05) is 82.5 Å². The lowest BCUT2D eigenvalue weighted by Gasteiger charge is -2.23. The van der Waals surface area contributed by atoms with Crippen LogP contribution >= 0.6 is 0 Å². The minimum Gasteiger partial charge on any atom is -0.489 e. The Morgan fingerprint density at radius 1 is 1.13 bits per heavy atom. The van der Waals surface area contributed by atoms with E-state index in [2.05, 4.69) is 15.6 Å². The minimum absolute atomic E-state index is 0.0993. The van der Waals surface area contributed by atoms with Gasteiger partial charge in [-0.1, -0.05) is 30.3 Å². The second-order valence-electron chi connectivity index (χ2n) is 8.40. The maximum Gasteiger partial charge on any atom is 0.407 e. The third-order valence-electron chi connectivity index (χ3n) is 4.62. The molecule has 160 valence electrons. The first-order chi connectivity index (χ1) is 14.3. The number of alkyl carbamates (subject to hydrolysis) is 1. The summed E-state index contributed by atoms with van der Waals surface area (Å²) in [5.74, 6) is 0.817. The standard InChI is InChI=1S/C24H31N3O3/c1-24(2,3)30-23(28)27-19(15-25-4)12-18-14-26-22-11-10-20(13-21(18)22)29-16-17-8-6-5-7-9-17/h5-11,13-14,19,25-26H,12,15-16H2,1-4H3,(H,27,28). The number of benzene rings is 2. The predicted molar refractivity (Wildman–Crippen MR) is 120 cm³/mol. The summed E-state index contributed by atoms with van der Waals surface area (Å²) in [7, 11) is 1.87. The Bertz CT molecular complexity index is 961. The summed E-state index contributed by atoms with van der Waals surface area (Å²) in [6.07, 6.45) is 2.25. The molecule has 0 radical (unpaired) electrons. The Kier molecular flexibility index (Phi) is 7.00. The third kappa shape index (κ3) is 6.26. The fraction of sp³-hybridized carbons (Fsp3) is 0.375. The molecule has 3 rings (SSSR count). The van der Waals surface area contributed by atoms with Crippen LogP contribution in [-0.4, -0.2) is 36.3 Å². The van der Waals surface area contributed by atoms with Crippen LogP contribution in [0.4, 0.5) is 4.79 Å². The number of aromatic nitrogens is 1. The van der Waals surface area contributed by atoms with Crippen molar-refractivity contribution in [3.8, 4) is 5.75 Å². The van der Waals surface area contributed by atoms with Crippen LogP contribution in [0.5, 0.6) is 5.75 Å². The van der Waals surface area contributed by atoms with Crippen molar-refractivity contribution in [3.05, 3.63) is 65.9 Å². The average Bonchev–Trinajstić information content (AvgIpc) is 3.08. The van der Waals surface area contributed by atoms with Crippen LogP contribution in [0.15, 0.2) is 54.7 Å².